The van der Waals surface area contributed by atoms with E-state index in [2.05, 4.69) is 31.2 Å². The van der Waals surface area contributed by atoms with Gasteiger partial charge in [-0.05, 0) is 33.6 Å². The van der Waals surface area contributed by atoms with Crippen LogP contribution in [0.25, 0.3) is 0 Å². The van der Waals surface area contributed by atoms with Gasteiger partial charge in [0.25, 0.3) is 0 Å². The summed E-state index contributed by atoms with van der Waals surface area (Å²) in [6.45, 7) is 0.383. The van der Waals surface area contributed by atoms with Crippen molar-refractivity contribution in [3.63, 3.8) is 0 Å². The highest BCUT2D eigenvalue weighted by atomic mass is 79.9. The summed E-state index contributed by atoms with van der Waals surface area (Å²) in [6, 6.07) is 4.99. The van der Waals surface area contributed by atoms with Gasteiger partial charge in [0, 0.05) is 12.7 Å². The SMILES string of the molecule is FC(F)(F)c1ccc(CNc2ncncc2Br)cc1. The zero-order valence-electron chi connectivity index (χ0n) is 9.58. The fourth-order valence-corrected chi connectivity index (χ4v) is 1.80. The van der Waals surface area contributed by atoms with Crippen LogP contribution in [0.1, 0.15) is 11.1 Å². The van der Waals surface area contributed by atoms with Crippen LogP contribution in [0.4, 0.5) is 19.0 Å². The van der Waals surface area contributed by atoms with E-state index >= 15 is 0 Å². The van der Waals surface area contributed by atoms with Crippen LogP contribution in [0.5, 0.6) is 0 Å². The Hall–Kier alpha value is -1.63. The van der Waals surface area contributed by atoms with Crippen molar-refractivity contribution in [3.05, 3.63) is 52.4 Å². The maximum atomic E-state index is 12.4. The summed E-state index contributed by atoms with van der Waals surface area (Å²) in [5.74, 6) is 0.592. The van der Waals surface area contributed by atoms with E-state index in [0.29, 0.717) is 16.8 Å². The van der Waals surface area contributed by atoms with E-state index in [1.165, 1.54) is 18.5 Å². The third-order valence-electron chi connectivity index (χ3n) is 2.41. The Morgan fingerprint density at radius 3 is 2.42 bits per heavy atom. The van der Waals surface area contributed by atoms with Crippen molar-refractivity contribution >= 4 is 21.7 Å². The maximum absolute atomic E-state index is 12.4. The van der Waals surface area contributed by atoms with Crippen molar-refractivity contribution in [1.82, 2.24) is 9.97 Å². The smallest absolute Gasteiger partial charge is 0.365 e. The first kappa shape index (κ1) is 13.8. The number of nitrogens with zero attached hydrogens (tertiary/aromatic N) is 2. The van der Waals surface area contributed by atoms with Crippen LogP contribution in [-0.2, 0) is 12.7 Å². The van der Waals surface area contributed by atoms with Crippen molar-refractivity contribution < 1.29 is 13.2 Å². The highest BCUT2D eigenvalue weighted by Gasteiger charge is 2.29. The molecule has 1 aromatic heterocycles. The number of alkyl halides is 3. The second-order valence-corrected chi connectivity index (χ2v) is 4.62. The molecule has 2 aromatic rings. The summed E-state index contributed by atoms with van der Waals surface area (Å²) < 4.78 is 37.8. The fraction of sp³-hybridized carbons (Fsp3) is 0.167. The van der Waals surface area contributed by atoms with Gasteiger partial charge in [-0.2, -0.15) is 13.2 Å². The molecule has 7 heteroatoms. The molecule has 0 aliphatic rings. The first-order valence-electron chi connectivity index (χ1n) is 5.32. The van der Waals surface area contributed by atoms with Crippen molar-refractivity contribution in [2.45, 2.75) is 12.7 Å². The average Bonchev–Trinajstić information content (AvgIpc) is 2.37. The van der Waals surface area contributed by atoms with E-state index in [0.717, 1.165) is 17.7 Å². The van der Waals surface area contributed by atoms with Crippen molar-refractivity contribution in [2.24, 2.45) is 0 Å². The van der Waals surface area contributed by atoms with Gasteiger partial charge in [-0.1, -0.05) is 12.1 Å². The third-order valence-corrected chi connectivity index (χ3v) is 2.99. The van der Waals surface area contributed by atoms with Crippen molar-refractivity contribution in [1.29, 1.82) is 0 Å². The zero-order chi connectivity index (χ0) is 13.9. The molecule has 2 rings (SSSR count). The van der Waals surface area contributed by atoms with Crippen LogP contribution < -0.4 is 5.32 Å². The first-order valence-corrected chi connectivity index (χ1v) is 6.11. The third kappa shape index (κ3) is 3.66. The Labute approximate surface area is 116 Å². The van der Waals surface area contributed by atoms with Gasteiger partial charge >= 0.3 is 6.18 Å². The molecule has 0 aliphatic carbocycles. The Bertz CT molecular complexity index is 555. The van der Waals surface area contributed by atoms with E-state index in [9.17, 15) is 13.2 Å². The maximum Gasteiger partial charge on any atom is 0.416 e. The van der Waals surface area contributed by atoms with Gasteiger partial charge < -0.3 is 5.32 Å². The molecule has 3 nitrogen and oxygen atoms in total. The lowest BCUT2D eigenvalue weighted by Crippen LogP contribution is -2.06. The Morgan fingerprint density at radius 1 is 1.16 bits per heavy atom. The Balaban J connectivity index is 2.03. The van der Waals surface area contributed by atoms with Gasteiger partial charge in [0.05, 0.1) is 10.0 Å². The molecule has 1 aromatic carbocycles. The number of hydrogen-bond donors (Lipinski definition) is 1. The predicted octanol–water partition coefficient (Wildman–Crippen LogP) is 3.87. The minimum atomic E-state index is -4.30. The number of hydrogen-bond acceptors (Lipinski definition) is 3. The average molecular weight is 332 g/mol. The Morgan fingerprint density at radius 2 is 1.84 bits per heavy atom. The summed E-state index contributed by atoms with van der Waals surface area (Å²) in [5, 5.41) is 3.01. The molecule has 1 heterocycles. The molecular formula is C12H9BrF3N3. The van der Waals surface area contributed by atoms with Gasteiger partial charge in [0.1, 0.15) is 12.1 Å². The number of rotatable bonds is 3. The summed E-state index contributed by atoms with van der Waals surface area (Å²) >= 11 is 3.27. The van der Waals surface area contributed by atoms with Crippen LogP contribution in [-0.4, -0.2) is 9.97 Å². The lowest BCUT2D eigenvalue weighted by atomic mass is 10.1. The van der Waals surface area contributed by atoms with Crippen LogP contribution in [0.15, 0.2) is 41.3 Å². The molecule has 0 unspecified atom stereocenters. The fourth-order valence-electron chi connectivity index (χ4n) is 1.44. The molecule has 19 heavy (non-hydrogen) atoms. The minimum absolute atomic E-state index is 0.383. The lowest BCUT2D eigenvalue weighted by molar-refractivity contribution is -0.137. The van der Waals surface area contributed by atoms with Crippen LogP contribution in [0, 0.1) is 0 Å². The number of halogens is 4. The van der Waals surface area contributed by atoms with Crippen LogP contribution in [0.2, 0.25) is 0 Å². The second kappa shape index (κ2) is 5.56. The molecule has 0 aliphatic heterocycles. The molecule has 0 atom stereocenters. The van der Waals surface area contributed by atoms with Crippen LogP contribution >= 0.6 is 15.9 Å². The van der Waals surface area contributed by atoms with Gasteiger partial charge in [0.15, 0.2) is 0 Å². The van der Waals surface area contributed by atoms with Gasteiger partial charge in [-0.3, -0.25) is 0 Å². The number of anilines is 1. The highest BCUT2D eigenvalue weighted by molar-refractivity contribution is 9.10. The van der Waals surface area contributed by atoms with Crippen LogP contribution in [0.3, 0.4) is 0 Å². The molecule has 100 valence electrons. The normalized spacial score (nSPS) is 11.4. The van der Waals surface area contributed by atoms with Crippen molar-refractivity contribution in [3.8, 4) is 0 Å². The highest BCUT2D eigenvalue weighted by Crippen LogP contribution is 2.29. The molecular weight excluding hydrogens is 323 g/mol. The molecule has 0 saturated heterocycles. The number of nitrogens with one attached hydrogen (secondary N) is 1. The molecule has 0 radical (unpaired) electrons. The number of benzene rings is 1. The number of aromatic nitrogens is 2. The quantitative estimate of drug-likeness (QED) is 0.927. The molecule has 0 amide bonds. The van der Waals surface area contributed by atoms with E-state index in [4.69, 9.17) is 0 Å². The van der Waals surface area contributed by atoms with E-state index in [-0.39, 0.29) is 0 Å². The Kier molecular flexibility index (Phi) is 4.04. The van der Waals surface area contributed by atoms with E-state index in [1.807, 2.05) is 0 Å². The molecule has 0 spiro atoms. The molecule has 0 fully saturated rings. The zero-order valence-corrected chi connectivity index (χ0v) is 11.2. The summed E-state index contributed by atoms with van der Waals surface area (Å²) in [5.41, 5.74) is 0.0815. The monoisotopic (exact) mass is 331 g/mol. The molecule has 0 bridgehead atoms. The lowest BCUT2D eigenvalue weighted by Gasteiger charge is -2.09. The van der Waals surface area contributed by atoms with Gasteiger partial charge in [0.2, 0.25) is 0 Å². The topological polar surface area (TPSA) is 37.8 Å². The van der Waals surface area contributed by atoms with Gasteiger partial charge in [-0.15, -0.1) is 0 Å². The van der Waals surface area contributed by atoms with Gasteiger partial charge in [-0.25, -0.2) is 9.97 Å². The standard InChI is InChI=1S/C12H9BrF3N3/c13-10-6-17-7-19-11(10)18-5-8-1-3-9(4-2-8)12(14,15)16/h1-4,6-7H,5H2,(H,17,18,19). The first-order chi connectivity index (χ1) is 8.97. The molecule has 0 saturated carbocycles. The predicted molar refractivity (Wildman–Crippen MR) is 68.5 cm³/mol. The summed E-state index contributed by atoms with van der Waals surface area (Å²) in [4.78, 5) is 7.82. The summed E-state index contributed by atoms with van der Waals surface area (Å²) in [7, 11) is 0. The van der Waals surface area contributed by atoms with E-state index < -0.39 is 11.7 Å². The largest absolute Gasteiger partial charge is 0.416 e. The molecule has 1 N–H and O–H groups in total. The van der Waals surface area contributed by atoms with Crippen molar-refractivity contribution in [2.75, 3.05) is 5.32 Å². The minimum Gasteiger partial charge on any atom is -0.365 e. The summed E-state index contributed by atoms with van der Waals surface area (Å²) in [6.07, 6.45) is -1.33. The van der Waals surface area contributed by atoms with E-state index in [1.54, 1.807) is 6.20 Å². The second-order valence-electron chi connectivity index (χ2n) is 3.77.